The van der Waals surface area contributed by atoms with Gasteiger partial charge in [-0.1, -0.05) is 0 Å². The third-order valence-electron chi connectivity index (χ3n) is 5.54. The fraction of sp³-hybridized carbons (Fsp3) is 0.562. The Balaban J connectivity index is 1.71. The van der Waals surface area contributed by atoms with Gasteiger partial charge in [0.1, 0.15) is 5.82 Å². The molecule has 2 N–H and O–H groups in total. The molecule has 112 valence electrons. The number of halogens is 1. The van der Waals surface area contributed by atoms with Crippen molar-refractivity contribution in [3.8, 4) is 0 Å². The standard InChI is InChI=1S/C16H21FN4/c1-20-13-6-7-14(20)9-16(8-13)10-19-15(18)21(16)12-4-2-11(17)3-5-12/h2-5,13-14H,6-10H2,1H3,(H2,18,19). The number of nitrogens with two attached hydrogens (primary N) is 1. The van der Waals surface area contributed by atoms with E-state index in [1.807, 2.05) is 12.1 Å². The molecule has 2 bridgehead atoms. The highest BCUT2D eigenvalue weighted by molar-refractivity contribution is 5.98. The Hall–Kier alpha value is -1.62. The Morgan fingerprint density at radius 3 is 2.43 bits per heavy atom. The van der Waals surface area contributed by atoms with Crippen LogP contribution in [0.1, 0.15) is 25.7 Å². The molecule has 2 fully saturated rings. The summed E-state index contributed by atoms with van der Waals surface area (Å²) in [7, 11) is 2.23. The zero-order valence-corrected chi connectivity index (χ0v) is 12.3. The molecule has 2 saturated heterocycles. The molecule has 0 radical (unpaired) electrons. The maximum absolute atomic E-state index is 13.2. The van der Waals surface area contributed by atoms with E-state index in [1.54, 1.807) is 0 Å². The van der Waals surface area contributed by atoms with Gasteiger partial charge in [0.2, 0.25) is 0 Å². The lowest BCUT2D eigenvalue weighted by molar-refractivity contribution is 0.122. The quantitative estimate of drug-likeness (QED) is 0.859. The van der Waals surface area contributed by atoms with Crippen molar-refractivity contribution in [1.29, 1.82) is 0 Å². The minimum Gasteiger partial charge on any atom is -0.369 e. The summed E-state index contributed by atoms with van der Waals surface area (Å²) in [5.41, 5.74) is 7.11. The van der Waals surface area contributed by atoms with E-state index < -0.39 is 0 Å². The number of hydrogen-bond donors (Lipinski definition) is 1. The second-order valence-electron chi connectivity index (χ2n) is 6.67. The van der Waals surface area contributed by atoms with Crippen molar-refractivity contribution < 1.29 is 4.39 Å². The molecular weight excluding hydrogens is 267 g/mol. The van der Waals surface area contributed by atoms with Crippen LogP contribution in [0.2, 0.25) is 0 Å². The average Bonchev–Trinajstić information content (AvgIpc) is 2.87. The lowest BCUT2D eigenvalue weighted by Crippen LogP contribution is -2.60. The highest BCUT2D eigenvalue weighted by Crippen LogP contribution is 2.46. The number of aliphatic imine (C=N–C) groups is 1. The van der Waals surface area contributed by atoms with Crippen LogP contribution in [0.15, 0.2) is 29.3 Å². The lowest BCUT2D eigenvalue weighted by Gasteiger charge is -2.48. The zero-order valence-electron chi connectivity index (χ0n) is 12.3. The van der Waals surface area contributed by atoms with Crippen molar-refractivity contribution in [3.05, 3.63) is 30.1 Å². The van der Waals surface area contributed by atoms with Crippen molar-refractivity contribution >= 4 is 11.6 Å². The molecule has 0 saturated carbocycles. The Bertz CT molecular complexity index is 568. The number of guanidine groups is 1. The van der Waals surface area contributed by atoms with Gasteiger partial charge in [-0.3, -0.25) is 4.99 Å². The lowest BCUT2D eigenvalue weighted by atomic mass is 9.82. The normalized spacial score (nSPS) is 35.5. The monoisotopic (exact) mass is 288 g/mol. The summed E-state index contributed by atoms with van der Waals surface area (Å²) >= 11 is 0. The predicted molar refractivity (Wildman–Crippen MR) is 81.9 cm³/mol. The van der Waals surface area contributed by atoms with E-state index in [2.05, 4.69) is 21.8 Å². The molecule has 4 nitrogen and oxygen atoms in total. The second-order valence-corrected chi connectivity index (χ2v) is 6.67. The van der Waals surface area contributed by atoms with Crippen molar-refractivity contribution in [3.63, 3.8) is 0 Å². The first-order valence-electron chi connectivity index (χ1n) is 7.67. The number of nitrogens with zero attached hydrogens (tertiary/aromatic N) is 3. The van der Waals surface area contributed by atoms with Crippen molar-refractivity contribution in [1.82, 2.24) is 4.90 Å². The van der Waals surface area contributed by atoms with E-state index in [0.29, 0.717) is 18.0 Å². The molecule has 1 aromatic rings. The fourth-order valence-corrected chi connectivity index (χ4v) is 4.46. The fourth-order valence-electron chi connectivity index (χ4n) is 4.46. The molecule has 0 aromatic heterocycles. The molecule has 3 aliphatic heterocycles. The van der Waals surface area contributed by atoms with Crippen LogP contribution in [0.3, 0.4) is 0 Å². The summed E-state index contributed by atoms with van der Waals surface area (Å²) in [6.45, 7) is 0.761. The highest BCUT2D eigenvalue weighted by Gasteiger charge is 2.52. The zero-order chi connectivity index (χ0) is 14.6. The summed E-state index contributed by atoms with van der Waals surface area (Å²) < 4.78 is 13.2. The molecule has 21 heavy (non-hydrogen) atoms. The Labute approximate surface area is 124 Å². The van der Waals surface area contributed by atoms with Crippen molar-refractivity contribution in [2.24, 2.45) is 10.7 Å². The topological polar surface area (TPSA) is 44.9 Å². The number of anilines is 1. The summed E-state index contributed by atoms with van der Waals surface area (Å²) in [4.78, 5) is 9.20. The van der Waals surface area contributed by atoms with E-state index in [9.17, 15) is 4.39 Å². The third kappa shape index (κ3) is 1.87. The van der Waals surface area contributed by atoms with E-state index in [1.165, 1.54) is 25.0 Å². The first kappa shape index (κ1) is 13.1. The molecule has 1 spiro atoms. The van der Waals surface area contributed by atoms with Gasteiger partial charge in [0.25, 0.3) is 0 Å². The van der Waals surface area contributed by atoms with Gasteiger partial charge in [0, 0.05) is 17.8 Å². The van der Waals surface area contributed by atoms with Gasteiger partial charge in [-0.2, -0.15) is 0 Å². The van der Waals surface area contributed by atoms with E-state index >= 15 is 0 Å². The summed E-state index contributed by atoms with van der Waals surface area (Å²) in [6, 6.07) is 7.85. The molecule has 2 atom stereocenters. The van der Waals surface area contributed by atoms with E-state index in [0.717, 1.165) is 25.1 Å². The van der Waals surface area contributed by atoms with Gasteiger partial charge < -0.3 is 15.5 Å². The van der Waals surface area contributed by atoms with Gasteiger partial charge in [0.05, 0.1) is 12.1 Å². The minimum absolute atomic E-state index is 0.0136. The van der Waals surface area contributed by atoms with E-state index in [-0.39, 0.29) is 11.4 Å². The SMILES string of the molecule is CN1C2CCC1CC1(CN=C(N)N1c1ccc(F)cc1)C2. The Morgan fingerprint density at radius 1 is 1.19 bits per heavy atom. The first-order chi connectivity index (χ1) is 10.1. The Morgan fingerprint density at radius 2 is 1.81 bits per heavy atom. The average molecular weight is 288 g/mol. The summed E-state index contributed by atoms with van der Waals surface area (Å²) in [6.07, 6.45) is 4.70. The number of piperidine rings is 1. The molecule has 3 heterocycles. The van der Waals surface area contributed by atoms with Crippen molar-refractivity contribution in [2.45, 2.75) is 43.3 Å². The second kappa shape index (κ2) is 4.44. The maximum Gasteiger partial charge on any atom is 0.196 e. The molecule has 0 amide bonds. The molecule has 5 heteroatoms. The maximum atomic E-state index is 13.2. The molecule has 4 rings (SSSR count). The third-order valence-corrected chi connectivity index (χ3v) is 5.54. The van der Waals surface area contributed by atoms with Crippen LogP contribution in [0, 0.1) is 5.82 Å². The number of fused-ring (bicyclic) bond motifs is 2. The summed E-state index contributed by atoms with van der Waals surface area (Å²) in [5, 5.41) is 0. The number of hydrogen-bond acceptors (Lipinski definition) is 4. The van der Waals surface area contributed by atoms with Crippen LogP contribution in [-0.2, 0) is 0 Å². The van der Waals surface area contributed by atoms with Crippen LogP contribution < -0.4 is 10.6 Å². The van der Waals surface area contributed by atoms with E-state index in [4.69, 9.17) is 5.73 Å². The minimum atomic E-state index is -0.217. The predicted octanol–water partition coefficient (Wildman–Crippen LogP) is 1.96. The smallest absolute Gasteiger partial charge is 0.196 e. The van der Waals surface area contributed by atoms with Gasteiger partial charge in [0.15, 0.2) is 5.96 Å². The van der Waals surface area contributed by atoms with Gasteiger partial charge in [-0.05, 0) is 57.0 Å². The van der Waals surface area contributed by atoms with Crippen LogP contribution in [0.5, 0.6) is 0 Å². The van der Waals surface area contributed by atoms with Crippen LogP contribution in [0.25, 0.3) is 0 Å². The number of rotatable bonds is 1. The largest absolute Gasteiger partial charge is 0.369 e. The van der Waals surface area contributed by atoms with Crippen molar-refractivity contribution in [2.75, 3.05) is 18.5 Å². The molecule has 3 aliphatic rings. The molecule has 2 unspecified atom stereocenters. The highest BCUT2D eigenvalue weighted by atomic mass is 19.1. The molecule has 1 aromatic carbocycles. The number of benzene rings is 1. The van der Waals surface area contributed by atoms with Gasteiger partial charge in [-0.25, -0.2) is 4.39 Å². The summed E-state index contributed by atoms with van der Waals surface area (Å²) in [5.74, 6) is 0.358. The van der Waals surface area contributed by atoms with Crippen LogP contribution in [0.4, 0.5) is 10.1 Å². The van der Waals surface area contributed by atoms with Gasteiger partial charge >= 0.3 is 0 Å². The van der Waals surface area contributed by atoms with Crippen LogP contribution >= 0.6 is 0 Å². The first-order valence-corrected chi connectivity index (χ1v) is 7.67. The molecule has 0 aliphatic carbocycles. The van der Waals surface area contributed by atoms with Crippen LogP contribution in [-0.4, -0.2) is 42.1 Å². The van der Waals surface area contributed by atoms with Gasteiger partial charge in [-0.15, -0.1) is 0 Å². The molecular formula is C16H21FN4. The Kier molecular flexibility index (Phi) is 2.76.